The van der Waals surface area contributed by atoms with Gasteiger partial charge in [-0.25, -0.2) is 9.59 Å². The van der Waals surface area contributed by atoms with Crippen molar-refractivity contribution in [2.24, 2.45) is 0 Å². The molecule has 0 aliphatic carbocycles. The molecule has 1 aliphatic heterocycles. The molecule has 3 aromatic rings. The quantitative estimate of drug-likeness (QED) is 0.603. The summed E-state index contributed by atoms with van der Waals surface area (Å²) in [5.74, 6) is 0. The zero-order chi connectivity index (χ0) is 22.7. The predicted molar refractivity (Wildman–Crippen MR) is 127 cm³/mol. The van der Waals surface area contributed by atoms with Crippen LogP contribution in [0.5, 0.6) is 0 Å². The third-order valence-electron chi connectivity index (χ3n) is 6.03. The SMILES string of the molecule is CCOC(=O)Nc1ccc2c(CN3CCN(c4cccc(C)c4C)CC3)cc(=O)oc2c1. The van der Waals surface area contributed by atoms with Gasteiger partial charge < -0.3 is 14.1 Å². The minimum Gasteiger partial charge on any atom is -0.450 e. The molecule has 1 aliphatic rings. The van der Waals surface area contributed by atoms with Crippen molar-refractivity contribution in [3.63, 3.8) is 0 Å². The van der Waals surface area contributed by atoms with Gasteiger partial charge in [0.2, 0.25) is 0 Å². The van der Waals surface area contributed by atoms with Crippen LogP contribution in [0.3, 0.4) is 0 Å². The summed E-state index contributed by atoms with van der Waals surface area (Å²) < 4.78 is 10.3. The van der Waals surface area contributed by atoms with Crippen molar-refractivity contribution >= 4 is 28.4 Å². The zero-order valence-corrected chi connectivity index (χ0v) is 18.8. The number of carbonyl (C=O) groups is 1. The normalized spacial score (nSPS) is 14.5. The summed E-state index contributed by atoms with van der Waals surface area (Å²) in [4.78, 5) is 28.7. The lowest BCUT2D eigenvalue weighted by Gasteiger charge is -2.37. The average Bonchev–Trinajstić information content (AvgIpc) is 2.76. The summed E-state index contributed by atoms with van der Waals surface area (Å²) >= 11 is 0. The fourth-order valence-electron chi connectivity index (χ4n) is 4.19. The molecule has 2 aromatic carbocycles. The first-order valence-electron chi connectivity index (χ1n) is 11.0. The number of anilines is 2. The molecule has 1 saturated heterocycles. The molecule has 0 spiro atoms. The molecule has 32 heavy (non-hydrogen) atoms. The van der Waals surface area contributed by atoms with Crippen LogP contribution in [0.4, 0.5) is 16.2 Å². The maximum absolute atomic E-state index is 12.2. The standard InChI is InChI=1S/C25H29N3O4/c1-4-31-25(30)26-20-8-9-21-19(14-24(29)32-23(21)15-20)16-27-10-12-28(13-11-27)22-7-5-6-17(2)18(22)3/h5-9,14-15H,4,10-13,16H2,1-3H3,(H,26,30). The van der Waals surface area contributed by atoms with Gasteiger partial charge in [0, 0.05) is 61.6 Å². The van der Waals surface area contributed by atoms with Gasteiger partial charge in [0.25, 0.3) is 0 Å². The highest BCUT2D eigenvalue weighted by Gasteiger charge is 2.20. The summed E-state index contributed by atoms with van der Waals surface area (Å²) in [7, 11) is 0. The monoisotopic (exact) mass is 435 g/mol. The Bertz CT molecular complexity index is 1180. The van der Waals surface area contributed by atoms with Gasteiger partial charge in [-0.3, -0.25) is 10.2 Å². The molecule has 0 saturated carbocycles. The highest BCUT2D eigenvalue weighted by molar-refractivity contribution is 5.90. The highest BCUT2D eigenvalue weighted by Crippen LogP contribution is 2.26. The van der Waals surface area contributed by atoms with E-state index in [0.717, 1.165) is 37.1 Å². The van der Waals surface area contributed by atoms with Crippen LogP contribution in [0.25, 0.3) is 11.0 Å². The van der Waals surface area contributed by atoms with E-state index < -0.39 is 11.7 Å². The van der Waals surface area contributed by atoms with Crippen LogP contribution in [-0.2, 0) is 11.3 Å². The number of hydrogen-bond acceptors (Lipinski definition) is 6. The van der Waals surface area contributed by atoms with E-state index in [1.54, 1.807) is 25.1 Å². The van der Waals surface area contributed by atoms with Crippen LogP contribution in [0, 0.1) is 13.8 Å². The Hall–Kier alpha value is -3.32. The van der Waals surface area contributed by atoms with Crippen LogP contribution in [0.15, 0.2) is 51.7 Å². The number of benzene rings is 2. The highest BCUT2D eigenvalue weighted by atomic mass is 16.5. The Morgan fingerprint density at radius 3 is 2.62 bits per heavy atom. The number of nitrogens with one attached hydrogen (secondary N) is 1. The molecule has 7 nitrogen and oxygen atoms in total. The number of carbonyl (C=O) groups excluding carboxylic acids is 1. The molecule has 0 atom stereocenters. The van der Waals surface area contributed by atoms with Crippen LogP contribution in [0.1, 0.15) is 23.6 Å². The smallest absolute Gasteiger partial charge is 0.411 e. The fraction of sp³-hybridized carbons (Fsp3) is 0.360. The van der Waals surface area contributed by atoms with Gasteiger partial charge in [0.05, 0.1) is 6.61 Å². The van der Waals surface area contributed by atoms with Gasteiger partial charge in [0.1, 0.15) is 5.58 Å². The van der Waals surface area contributed by atoms with E-state index in [-0.39, 0.29) is 6.61 Å². The first-order valence-corrected chi connectivity index (χ1v) is 11.0. The lowest BCUT2D eigenvalue weighted by molar-refractivity contribution is 0.168. The summed E-state index contributed by atoms with van der Waals surface area (Å²) in [6.45, 7) is 10.7. The lowest BCUT2D eigenvalue weighted by Crippen LogP contribution is -2.46. The van der Waals surface area contributed by atoms with Crippen molar-refractivity contribution in [2.45, 2.75) is 27.3 Å². The van der Waals surface area contributed by atoms with E-state index >= 15 is 0 Å². The third-order valence-corrected chi connectivity index (χ3v) is 6.03. The molecule has 4 rings (SSSR count). The van der Waals surface area contributed by atoms with E-state index in [2.05, 4.69) is 47.2 Å². The molecule has 1 N–H and O–H groups in total. The molecule has 0 unspecified atom stereocenters. The maximum atomic E-state index is 12.2. The van der Waals surface area contributed by atoms with Gasteiger partial charge in [-0.1, -0.05) is 12.1 Å². The van der Waals surface area contributed by atoms with E-state index in [0.29, 0.717) is 17.8 Å². The summed E-state index contributed by atoms with van der Waals surface area (Å²) in [5, 5.41) is 3.52. The minimum absolute atomic E-state index is 0.287. The molecule has 1 amide bonds. The van der Waals surface area contributed by atoms with Crippen LogP contribution < -0.4 is 15.8 Å². The Morgan fingerprint density at radius 1 is 1.09 bits per heavy atom. The van der Waals surface area contributed by atoms with Gasteiger partial charge in [0.15, 0.2) is 0 Å². The maximum Gasteiger partial charge on any atom is 0.411 e. The van der Waals surface area contributed by atoms with Crippen LogP contribution in [0.2, 0.25) is 0 Å². The van der Waals surface area contributed by atoms with E-state index in [1.807, 2.05) is 6.07 Å². The largest absolute Gasteiger partial charge is 0.450 e. The van der Waals surface area contributed by atoms with Crippen molar-refractivity contribution in [3.8, 4) is 0 Å². The summed E-state index contributed by atoms with van der Waals surface area (Å²) in [6, 6.07) is 13.4. The second-order valence-corrected chi connectivity index (χ2v) is 8.13. The molecule has 7 heteroatoms. The van der Waals surface area contributed by atoms with Gasteiger partial charge in [-0.2, -0.15) is 0 Å². The second kappa shape index (κ2) is 9.44. The first-order chi connectivity index (χ1) is 15.4. The van der Waals surface area contributed by atoms with Crippen molar-refractivity contribution < 1.29 is 13.9 Å². The van der Waals surface area contributed by atoms with Gasteiger partial charge in [-0.05, 0) is 55.7 Å². The Labute approximate surface area is 187 Å². The third kappa shape index (κ3) is 4.78. The number of hydrogen-bond donors (Lipinski definition) is 1. The topological polar surface area (TPSA) is 75.0 Å². The molecule has 168 valence electrons. The molecule has 1 fully saturated rings. The summed E-state index contributed by atoms with van der Waals surface area (Å²) in [6.07, 6.45) is -0.535. The molecule has 2 heterocycles. The molecule has 0 radical (unpaired) electrons. The predicted octanol–water partition coefficient (Wildman–Crippen LogP) is 4.30. The van der Waals surface area contributed by atoms with E-state index in [9.17, 15) is 9.59 Å². The fourth-order valence-corrected chi connectivity index (χ4v) is 4.19. The molecule has 0 bridgehead atoms. The number of piperazine rings is 1. The Kier molecular flexibility index (Phi) is 6.46. The van der Waals surface area contributed by atoms with Crippen molar-refractivity contribution in [2.75, 3.05) is 43.0 Å². The number of fused-ring (bicyclic) bond motifs is 1. The van der Waals surface area contributed by atoms with Gasteiger partial charge >= 0.3 is 11.7 Å². The van der Waals surface area contributed by atoms with Crippen LogP contribution in [-0.4, -0.2) is 43.8 Å². The zero-order valence-electron chi connectivity index (χ0n) is 18.8. The number of aryl methyl sites for hydroxylation is 1. The average molecular weight is 436 g/mol. The summed E-state index contributed by atoms with van der Waals surface area (Å²) in [5.41, 5.74) is 5.46. The number of ether oxygens (including phenoxy) is 1. The van der Waals surface area contributed by atoms with Crippen molar-refractivity contribution in [3.05, 3.63) is 69.6 Å². The van der Waals surface area contributed by atoms with Crippen molar-refractivity contribution in [1.82, 2.24) is 4.90 Å². The molecule has 1 aromatic heterocycles. The Morgan fingerprint density at radius 2 is 1.88 bits per heavy atom. The van der Waals surface area contributed by atoms with E-state index in [1.165, 1.54) is 16.8 Å². The van der Waals surface area contributed by atoms with E-state index in [4.69, 9.17) is 9.15 Å². The second-order valence-electron chi connectivity index (χ2n) is 8.13. The number of nitrogens with zero attached hydrogens (tertiary/aromatic N) is 2. The number of rotatable bonds is 5. The molecular weight excluding hydrogens is 406 g/mol. The first kappa shape index (κ1) is 21.9. The van der Waals surface area contributed by atoms with Crippen LogP contribution >= 0.6 is 0 Å². The van der Waals surface area contributed by atoms with Crippen molar-refractivity contribution in [1.29, 1.82) is 0 Å². The number of amides is 1. The molecular formula is C25H29N3O4. The Balaban J connectivity index is 1.48. The van der Waals surface area contributed by atoms with Gasteiger partial charge in [-0.15, -0.1) is 0 Å². The minimum atomic E-state index is -0.535. The lowest BCUT2D eigenvalue weighted by atomic mass is 10.1.